The van der Waals surface area contributed by atoms with Crippen molar-refractivity contribution in [3.05, 3.63) is 34.3 Å². The van der Waals surface area contributed by atoms with Crippen LogP contribution in [0.1, 0.15) is 39.0 Å². The van der Waals surface area contributed by atoms with E-state index in [0.29, 0.717) is 0 Å². The Morgan fingerprint density at radius 2 is 2.25 bits per heavy atom. The minimum absolute atomic E-state index is 0.802. The van der Waals surface area contributed by atoms with E-state index in [1.807, 2.05) is 0 Å². The zero-order chi connectivity index (χ0) is 13.9. The molecule has 2 aliphatic heterocycles. The second-order valence-electron chi connectivity index (χ2n) is 6.55. The Morgan fingerprint density at radius 1 is 1.35 bits per heavy atom. The number of fused-ring (bicyclic) bond motifs is 1. The summed E-state index contributed by atoms with van der Waals surface area (Å²) in [7, 11) is 2.28. The quantitative estimate of drug-likeness (QED) is 0.745. The minimum atomic E-state index is 0.802. The van der Waals surface area contributed by atoms with Crippen LogP contribution in [0.3, 0.4) is 0 Å². The molecule has 0 radical (unpaired) electrons. The number of thioether (sulfide) groups is 1. The molecular formula is C18H27NS. The number of allylic oxidation sites excluding steroid dienone is 5. The molecule has 20 heavy (non-hydrogen) atoms. The van der Waals surface area contributed by atoms with Crippen molar-refractivity contribution in [2.24, 2.45) is 11.8 Å². The standard InChI is InChI=1S/C18H27NS/c1-3-14-6-4-8-18-17(11-14)16(13-20-18)10-15-7-5-9-19(2)12-15/h6,8,11,15-16H,3-5,7,9-10,12-13H2,1-2H3/t15-,16+/m1/s1. The molecule has 0 unspecified atom stereocenters. The monoisotopic (exact) mass is 289 g/mol. The molecule has 0 aromatic carbocycles. The summed E-state index contributed by atoms with van der Waals surface area (Å²) >= 11 is 2.10. The molecular weight excluding hydrogens is 262 g/mol. The highest BCUT2D eigenvalue weighted by Crippen LogP contribution is 2.45. The zero-order valence-corrected chi connectivity index (χ0v) is 13.7. The number of rotatable bonds is 3. The van der Waals surface area contributed by atoms with Gasteiger partial charge in [-0.2, -0.15) is 0 Å². The maximum Gasteiger partial charge on any atom is 0.00706 e. The van der Waals surface area contributed by atoms with E-state index in [2.05, 4.69) is 48.9 Å². The molecule has 3 rings (SSSR count). The third-order valence-electron chi connectivity index (χ3n) is 4.94. The van der Waals surface area contributed by atoms with Gasteiger partial charge < -0.3 is 4.90 Å². The minimum Gasteiger partial charge on any atom is -0.306 e. The van der Waals surface area contributed by atoms with Crippen LogP contribution in [-0.2, 0) is 0 Å². The summed E-state index contributed by atoms with van der Waals surface area (Å²) < 4.78 is 0. The van der Waals surface area contributed by atoms with E-state index >= 15 is 0 Å². The molecule has 2 heteroatoms. The van der Waals surface area contributed by atoms with Crippen LogP contribution >= 0.6 is 11.8 Å². The lowest BCUT2D eigenvalue weighted by atomic mass is 9.85. The Balaban J connectivity index is 1.71. The van der Waals surface area contributed by atoms with Gasteiger partial charge in [-0.25, -0.2) is 0 Å². The van der Waals surface area contributed by atoms with Gasteiger partial charge >= 0.3 is 0 Å². The highest BCUT2D eigenvalue weighted by Gasteiger charge is 2.30. The van der Waals surface area contributed by atoms with E-state index in [9.17, 15) is 0 Å². The Labute approximate surface area is 128 Å². The number of likely N-dealkylation sites (tertiary alicyclic amines) is 1. The molecule has 0 bridgehead atoms. The molecule has 3 aliphatic rings. The van der Waals surface area contributed by atoms with E-state index in [1.54, 1.807) is 16.1 Å². The van der Waals surface area contributed by atoms with Crippen molar-refractivity contribution in [2.75, 3.05) is 25.9 Å². The van der Waals surface area contributed by atoms with Gasteiger partial charge in [0.05, 0.1) is 0 Å². The first-order chi connectivity index (χ1) is 9.76. The molecule has 2 saturated heterocycles. The molecule has 1 aliphatic carbocycles. The summed E-state index contributed by atoms with van der Waals surface area (Å²) in [5.41, 5.74) is 3.20. The number of piperidine rings is 1. The first-order valence-corrected chi connectivity index (χ1v) is 9.17. The van der Waals surface area contributed by atoms with Crippen molar-refractivity contribution in [2.45, 2.75) is 39.0 Å². The van der Waals surface area contributed by atoms with E-state index in [-0.39, 0.29) is 0 Å². The average molecular weight is 289 g/mol. The van der Waals surface area contributed by atoms with Crippen molar-refractivity contribution < 1.29 is 0 Å². The van der Waals surface area contributed by atoms with Crippen molar-refractivity contribution in [1.82, 2.24) is 4.90 Å². The summed E-state index contributed by atoms with van der Waals surface area (Å²) in [5, 5.41) is 0. The molecule has 2 heterocycles. The third-order valence-corrected chi connectivity index (χ3v) is 6.22. The van der Waals surface area contributed by atoms with Gasteiger partial charge in [0.1, 0.15) is 0 Å². The molecule has 110 valence electrons. The van der Waals surface area contributed by atoms with Gasteiger partial charge in [0.15, 0.2) is 0 Å². The Kier molecular flexibility index (Phi) is 4.72. The Hall–Kier alpha value is -0.470. The highest BCUT2D eigenvalue weighted by atomic mass is 32.2. The van der Waals surface area contributed by atoms with E-state index in [4.69, 9.17) is 0 Å². The number of hydrogen-bond acceptors (Lipinski definition) is 2. The third kappa shape index (κ3) is 3.23. The second kappa shape index (κ2) is 6.53. The lowest BCUT2D eigenvalue weighted by Crippen LogP contribution is -2.33. The molecule has 2 fully saturated rings. The average Bonchev–Trinajstić information content (AvgIpc) is 2.70. The molecule has 0 aromatic heterocycles. The van der Waals surface area contributed by atoms with Crippen LogP contribution in [0.15, 0.2) is 34.3 Å². The molecule has 2 atom stereocenters. The molecule has 0 amide bonds. The maximum absolute atomic E-state index is 2.52. The van der Waals surface area contributed by atoms with Gasteiger partial charge in [0, 0.05) is 17.2 Å². The van der Waals surface area contributed by atoms with Crippen LogP contribution in [0, 0.1) is 11.8 Å². The molecule has 0 spiro atoms. The fourth-order valence-corrected chi connectivity index (χ4v) is 5.12. The fraction of sp³-hybridized carbons (Fsp3) is 0.667. The second-order valence-corrected chi connectivity index (χ2v) is 7.61. The normalized spacial score (nSPS) is 31.2. The molecule has 0 saturated carbocycles. The van der Waals surface area contributed by atoms with Crippen LogP contribution in [0.2, 0.25) is 0 Å². The fourth-order valence-electron chi connectivity index (χ4n) is 3.82. The summed E-state index contributed by atoms with van der Waals surface area (Å²) in [6.45, 7) is 4.89. The van der Waals surface area contributed by atoms with Crippen molar-refractivity contribution in [3.8, 4) is 0 Å². The van der Waals surface area contributed by atoms with Crippen molar-refractivity contribution in [3.63, 3.8) is 0 Å². The summed E-state index contributed by atoms with van der Waals surface area (Å²) in [6.07, 6.45) is 13.9. The van der Waals surface area contributed by atoms with Gasteiger partial charge in [-0.3, -0.25) is 0 Å². The van der Waals surface area contributed by atoms with Crippen LogP contribution in [-0.4, -0.2) is 30.8 Å². The predicted octanol–water partition coefficient (Wildman–Crippen LogP) is 4.63. The first kappa shape index (κ1) is 14.5. The van der Waals surface area contributed by atoms with Crippen LogP contribution in [0.4, 0.5) is 0 Å². The van der Waals surface area contributed by atoms with Crippen LogP contribution in [0.25, 0.3) is 0 Å². The largest absolute Gasteiger partial charge is 0.306 e. The maximum atomic E-state index is 2.52. The van der Waals surface area contributed by atoms with Crippen molar-refractivity contribution >= 4 is 11.8 Å². The zero-order valence-electron chi connectivity index (χ0n) is 12.9. The summed E-state index contributed by atoms with van der Waals surface area (Å²) in [5.74, 6) is 3.03. The number of hydrogen-bond donors (Lipinski definition) is 0. The van der Waals surface area contributed by atoms with Gasteiger partial charge in [-0.15, -0.1) is 11.8 Å². The Bertz CT molecular complexity index is 446. The van der Waals surface area contributed by atoms with Crippen LogP contribution < -0.4 is 0 Å². The summed E-state index contributed by atoms with van der Waals surface area (Å²) in [6, 6.07) is 0. The molecule has 0 aromatic rings. The predicted molar refractivity (Wildman–Crippen MR) is 89.9 cm³/mol. The lowest BCUT2D eigenvalue weighted by Gasteiger charge is -2.31. The van der Waals surface area contributed by atoms with Gasteiger partial charge in [-0.05, 0) is 63.1 Å². The van der Waals surface area contributed by atoms with Gasteiger partial charge in [-0.1, -0.05) is 30.7 Å². The van der Waals surface area contributed by atoms with Gasteiger partial charge in [0.2, 0.25) is 0 Å². The molecule has 1 nitrogen and oxygen atoms in total. The van der Waals surface area contributed by atoms with E-state index in [1.165, 1.54) is 44.5 Å². The molecule has 0 N–H and O–H groups in total. The Morgan fingerprint density at radius 3 is 3.05 bits per heavy atom. The van der Waals surface area contributed by atoms with Crippen LogP contribution in [0.5, 0.6) is 0 Å². The SMILES string of the molecule is CCC1=CCC=C2SC[C@H](C[C@H]3CCCN(C)C3)C2=C1. The van der Waals surface area contributed by atoms with Crippen molar-refractivity contribution in [1.29, 1.82) is 0 Å². The van der Waals surface area contributed by atoms with E-state index < -0.39 is 0 Å². The first-order valence-electron chi connectivity index (χ1n) is 8.18. The van der Waals surface area contributed by atoms with E-state index in [0.717, 1.165) is 18.3 Å². The highest BCUT2D eigenvalue weighted by molar-refractivity contribution is 8.03. The lowest BCUT2D eigenvalue weighted by molar-refractivity contribution is 0.193. The smallest absolute Gasteiger partial charge is 0.00706 e. The van der Waals surface area contributed by atoms with Gasteiger partial charge in [0.25, 0.3) is 0 Å². The topological polar surface area (TPSA) is 3.24 Å². The summed E-state index contributed by atoms with van der Waals surface area (Å²) in [4.78, 5) is 4.10. The number of nitrogens with zero attached hydrogens (tertiary/aromatic N) is 1.